The van der Waals surface area contributed by atoms with E-state index >= 15 is 0 Å². The molecule has 0 bridgehead atoms. The van der Waals surface area contributed by atoms with Crippen molar-refractivity contribution >= 4 is 11.6 Å². The minimum atomic E-state index is 0.412. The second-order valence-corrected chi connectivity index (χ2v) is 3.61. The SMILES string of the molecule is Cc1[nH]nc(-c2cccc(CN)n2)c1Cl. The largest absolute Gasteiger partial charge is 0.325 e. The molecule has 2 aromatic rings. The van der Waals surface area contributed by atoms with Crippen LogP contribution in [0.2, 0.25) is 5.02 Å². The van der Waals surface area contributed by atoms with Crippen molar-refractivity contribution in [2.24, 2.45) is 5.73 Å². The van der Waals surface area contributed by atoms with Crippen molar-refractivity contribution in [1.82, 2.24) is 15.2 Å². The summed E-state index contributed by atoms with van der Waals surface area (Å²) in [7, 11) is 0. The molecule has 3 N–H and O–H groups in total. The molecule has 0 atom stereocenters. The molecular formula is C10H11ClN4. The van der Waals surface area contributed by atoms with Gasteiger partial charge in [0.1, 0.15) is 5.69 Å². The van der Waals surface area contributed by atoms with Crippen LogP contribution in [0.4, 0.5) is 0 Å². The number of rotatable bonds is 2. The van der Waals surface area contributed by atoms with E-state index in [1.165, 1.54) is 0 Å². The molecule has 0 fully saturated rings. The minimum absolute atomic E-state index is 0.412. The van der Waals surface area contributed by atoms with E-state index in [0.717, 1.165) is 17.1 Å². The molecule has 0 spiro atoms. The Hall–Kier alpha value is -1.39. The third-order valence-corrected chi connectivity index (χ3v) is 2.59. The number of pyridine rings is 1. The summed E-state index contributed by atoms with van der Waals surface area (Å²) in [4.78, 5) is 4.34. The maximum atomic E-state index is 6.07. The summed E-state index contributed by atoms with van der Waals surface area (Å²) in [5.74, 6) is 0. The monoisotopic (exact) mass is 222 g/mol. The summed E-state index contributed by atoms with van der Waals surface area (Å²) in [5.41, 5.74) is 8.59. The highest BCUT2D eigenvalue weighted by atomic mass is 35.5. The van der Waals surface area contributed by atoms with Gasteiger partial charge in [0.05, 0.1) is 22.1 Å². The smallest absolute Gasteiger partial charge is 0.129 e. The van der Waals surface area contributed by atoms with E-state index in [1.807, 2.05) is 25.1 Å². The van der Waals surface area contributed by atoms with Crippen LogP contribution >= 0.6 is 11.6 Å². The normalized spacial score (nSPS) is 10.6. The Morgan fingerprint density at radius 1 is 1.47 bits per heavy atom. The summed E-state index contributed by atoms with van der Waals surface area (Å²) in [5, 5.41) is 7.53. The van der Waals surface area contributed by atoms with Crippen molar-refractivity contribution in [3.63, 3.8) is 0 Å². The van der Waals surface area contributed by atoms with Crippen LogP contribution in [0.1, 0.15) is 11.4 Å². The Bertz CT molecular complexity index is 478. The standard InChI is InChI=1S/C10H11ClN4/c1-6-9(11)10(15-14-6)8-4-2-3-7(5-12)13-8/h2-4H,5,12H2,1H3,(H,14,15). The molecule has 2 heterocycles. The lowest BCUT2D eigenvalue weighted by Gasteiger charge is -1.99. The average molecular weight is 223 g/mol. The number of H-pyrrole nitrogens is 1. The Labute approximate surface area is 92.5 Å². The zero-order chi connectivity index (χ0) is 10.8. The van der Waals surface area contributed by atoms with Crippen molar-refractivity contribution in [1.29, 1.82) is 0 Å². The zero-order valence-electron chi connectivity index (χ0n) is 8.29. The first-order chi connectivity index (χ1) is 7.22. The van der Waals surface area contributed by atoms with Crippen LogP contribution in [0.25, 0.3) is 11.4 Å². The molecule has 0 aliphatic heterocycles. The minimum Gasteiger partial charge on any atom is -0.325 e. The van der Waals surface area contributed by atoms with Crippen molar-refractivity contribution in [3.8, 4) is 11.4 Å². The van der Waals surface area contributed by atoms with E-state index in [2.05, 4.69) is 15.2 Å². The first-order valence-corrected chi connectivity index (χ1v) is 4.97. The fraction of sp³-hybridized carbons (Fsp3) is 0.200. The van der Waals surface area contributed by atoms with Crippen LogP contribution in [-0.2, 0) is 6.54 Å². The third kappa shape index (κ3) is 1.86. The van der Waals surface area contributed by atoms with Gasteiger partial charge >= 0.3 is 0 Å². The van der Waals surface area contributed by atoms with E-state index in [1.54, 1.807) is 0 Å². The lowest BCUT2D eigenvalue weighted by molar-refractivity contribution is 0.985. The average Bonchev–Trinajstić information content (AvgIpc) is 2.60. The predicted octanol–water partition coefficient (Wildman–Crippen LogP) is 1.89. The topological polar surface area (TPSA) is 67.6 Å². The highest BCUT2D eigenvalue weighted by Gasteiger charge is 2.11. The number of hydrogen-bond donors (Lipinski definition) is 2. The third-order valence-electron chi connectivity index (χ3n) is 2.13. The summed E-state index contributed by atoms with van der Waals surface area (Å²) in [6, 6.07) is 5.63. The number of nitrogens with zero attached hydrogens (tertiary/aromatic N) is 2. The quantitative estimate of drug-likeness (QED) is 0.816. The number of aryl methyl sites for hydroxylation is 1. The highest BCUT2D eigenvalue weighted by Crippen LogP contribution is 2.26. The van der Waals surface area contributed by atoms with Crippen molar-refractivity contribution < 1.29 is 0 Å². The fourth-order valence-electron chi connectivity index (χ4n) is 1.31. The Morgan fingerprint density at radius 3 is 2.87 bits per heavy atom. The first kappa shape index (κ1) is 10.1. The maximum absolute atomic E-state index is 6.07. The molecule has 15 heavy (non-hydrogen) atoms. The lowest BCUT2D eigenvalue weighted by atomic mass is 10.2. The number of nitrogens with one attached hydrogen (secondary N) is 1. The van der Waals surface area contributed by atoms with Crippen LogP contribution in [0.15, 0.2) is 18.2 Å². The molecule has 5 heteroatoms. The van der Waals surface area contributed by atoms with E-state index in [0.29, 0.717) is 17.3 Å². The summed E-state index contributed by atoms with van der Waals surface area (Å²) in [6.07, 6.45) is 0. The first-order valence-electron chi connectivity index (χ1n) is 4.59. The van der Waals surface area contributed by atoms with Gasteiger partial charge in [-0.15, -0.1) is 0 Å². The van der Waals surface area contributed by atoms with Gasteiger partial charge in [0.15, 0.2) is 0 Å². The molecule has 2 rings (SSSR count). The number of aromatic amines is 1. The molecular weight excluding hydrogens is 212 g/mol. The number of aromatic nitrogens is 3. The van der Waals surface area contributed by atoms with Crippen molar-refractivity contribution in [2.45, 2.75) is 13.5 Å². The number of nitrogens with two attached hydrogens (primary N) is 1. The predicted molar refractivity (Wildman–Crippen MR) is 59.5 cm³/mol. The molecule has 0 saturated carbocycles. The lowest BCUT2D eigenvalue weighted by Crippen LogP contribution is -2.00. The van der Waals surface area contributed by atoms with E-state index < -0.39 is 0 Å². The number of hydrogen-bond acceptors (Lipinski definition) is 3. The van der Waals surface area contributed by atoms with Crippen LogP contribution in [0, 0.1) is 6.92 Å². The van der Waals surface area contributed by atoms with Crippen molar-refractivity contribution in [3.05, 3.63) is 34.6 Å². The maximum Gasteiger partial charge on any atom is 0.129 e. The molecule has 0 amide bonds. The zero-order valence-corrected chi connectivity index (χ0v) is 9.04. The molecule has 78 valence electrons. The van der Waals surface area contributed by atoms with Gasteiger partial charge in [-0.2, -0.15) is 5.10 Å². The van der Waals surface area contributed by atoms with Crippen molar-refractivity contribution in [2.75, 3.05) is 0 Å². The molecule has 0 unspecified atom stereocenters. The molecule has 4 nitrogen and oxygen atoms in total. The summed E-state index contributed by atoms with van der Waals surface area (Å²) in [6.45, 7) is 2.28. The van der Waals surface area contributed by atoms with Crippen LogP contribution in [0.5, 0.6) is 0 Å². The summed E-state index contributed by atoms with van der Waals surface area (Å²) < 4.78 is 0. The van der Waals surface area contributed by atoms with Crippen LogP contribution < -0.4 is 5.73 Å². The molecule has 0 saturated heterocycles. The molecule has 2 aromatic heterocycles. The molecule has 0 aromatic carbocycles. The molecule has 0 radical (unpaired) electrons. The van der Waals surface area contributed by atoms with Crippen LogP contribution in [0.3, 0.4) is 0 Å². The van der Waals surface area contributed by atoms with Gasteiger partial charge in [0.25, 0.3) is 0 Å². The highest BCUT2D eigenvalue weighted by molar-refractivity contribution is 6.33. The van der Waals surface area contributed by atoms with E-state index in [4.69, 9.17) is 17.3 Å². The number of halogens is 1. The van der Waals surface area contributed by atoms with Crippen LogP contribution in [-0.4, -0.2) is 15.2 Å². The molecule has 0 aliphatic rings. The summed E-state index contributed by atoms with van der Waals surface area (Å²) >= 11 is 6.07. The van der Waals surface area contributed by atoms with E-state index in [-0.39, 0.29) is 0 Å². The van der Waals surface area contributed by atoms with Gasteiger partial charge in [-0.25, -0.2) is 4.98 Å². The second-order valence-electron chi connectivity index (χ2n) is 3.23. The van der Waals surface area contributed by atoms with Gasteiger partial charge in [-0.3, -0.25) is 5.10 Å². The Kier molecular flexibility index (Phi) is 2.70. The van der Waals surface area contributed by atoms with Gasteiger partial charge in [0, 0.05) is 6.54 Å². The van der Waals surface area contributed by atoms with Gasteiger partial charge < -0.3 is 5.73 Å². The molecule has 0 aliphatic carbocycles. The van der Waals surface area contributed by atoms with Gasteiger partial charge in [0.2, 0.25) is 0 Å². The van der Waals surface area contributed by atoms with E-state index in [9.17, 15) is 0 Å². The van der Waals surface area contributed by atoms with Gasteiger partial charge in [-0.05, 0) is 19.1 Å². The Balaban J connectivity index is 2.49. The second kappa shape index (κ2) is 4.00. The fourth-order valence-corrected chi connectivity index (χ4v) is 1.49. The Morgan fingerprint density at radius 2 is 2.27 bits per heavy atom. The van der Waals surface area contributed by atoms with Gasteiger partial charge in [-0.1, -0.05) is 17.7 Å².